The van der Waals surface area contributed by atoms with Crippen LogP contribution in [0, 0.1) is 5.92 Å². The molecule has 2 aromatic heterocycles. The molecule has 2 amide bonds. The molecule has 4 aromatic rings. The maximum atomic E-state index is 13.3. The molecular weight excluding hydrogens is 778 g/mol. The number of esters is 1. The molecule has 49 heavy (non-hydrogen) atoms. The zero-order valence-electron chi connectivity index (χ0n) is 26.4. The van der Waals surface area contributed by atoms with Gasteiger partial charge in [-0.15, -0.1) is 10.2 Å². The molecule has 0 saturated heterocycles. The molecule has 1 aliphatic carbocycles. The highest BCUT2D eigenvalue weighted by Crippen LogP contribution is 2.43. The van der Waals surface area contributed by atoms with Gasteiger partial charge in [0.25, 0.3) is 11.8 Å². The minimum absolute atomic E-state index is 0.0294. The smallest absolute Gasteiger partial charge is 0.494 e. The highest BCUT2D eigenvalue weighted by atomic mass is 127. The number of phosphoric acid groups is 1. The molecule has 0 spiro atoms. The van der Waals surface area contributed by atoms with E-state index < -0.39 is 26.4 Å². The predicted octanol–water partition coefficient (Wildman–Crippen LogP) is 2.67. The van der Waals surface area contributed by atoms with Crippen LogP contribution in [0.3, 0.4) is 0 Å². The number of nitrogens with one attached hydrogen (secondary N) is 1. The molecule has 0 aliphatic heterocycles. The van der Waals surface area contributed by atoms with E-state index in [-0.39, 0.29) is 39.9 Å². The van der Waals surface area contributed by atoms with Gasteiger partial charge in [0, 0.05) is 25.2 Å². The summed E-state index contributed by atoms with van der Waals surface area (Å²) in [6.07, 6.45) is 2.77. The number of nitrogens with zero attached hydrogens (tertiary/aromatic N) is 7. The number of amides is 2. The molecule has 3 N–H and O–H groups in total. The summed E-state index contributed by atoms with van der Waals surface area (Å²) in [4.78, 5) is 63.4. The molecule has 20 heteroatoms. The lowest BCUT2D eigenvalue weighted by Crippen LogP contribution is -2.30. The topological polar surface area (TPSA) is 222 Å². The number of rotatable bonds is 12. The standard InChI is InChI=1S/C29H30IN8O10P/c1-31-28(40)19-14-37(15-47-29(41)17-10-11-22(45-3)23(12-17)48-49(42,43)44)24(32-27(39)16-8-9-16)13-21(19)38(30)20-7-5-6-18(25(20)46-4)26-33-35-36(2)34-26/h5-7,10-14,16H,8-9,15H2,1-4H3,(H,31,40)(H2,42,43,44)/b32-24+. The Kier molecular flexibility index (Phi) is 10.7. The molecule has 1 aliphatic rings. The molecule has 5 rings (SSSR count). The number of anilines is 2. The minimum Gasteiger partial charge on any atom is -0.494 e. The van der Waals surface area contributed by atoms with Crippen molar-refractivity contribution in [2.24, 2.45) is 18.0 Å². The molecule has 0 bridgehead atoms. The number of pyridine rings is 1. The molecule has 1 fully saturated rings. The summed E-state index contributed by atoms with van der Waals surface area (Å²) in [6.45, 7) is -0.501. The number of halogens is 1. The number of hydrogen-bond acceptors (Lipinski definition) is 12. The van der Waals surface area contributed by atoms with Crippen LogP contribution < -0.4 is 27.9 Å². The zero-order chi connectivity index (χ0) is 35.5. The minimum atomic E-state index is -4.98. The number of carbonyl (C=O) groups is 3. The second-order valence-electron chi connectivity index (χ2n) is 10.5. The SMILES string of the molecule is CNC(=O)c1cn(COC(=O)c2ccc(OC)c(OP(=O)(O)O)c2)/c(=N/C(=O)C2CC2)cc1N(I)c1cccc(-c2nnn(C)n2)c1OC. The Morgan fingerprint density at radius 1 is 1.10 bits per heavy atom. The molecule has 0 unspecified atom stereocenters. The lowest BCUT2D eigenvalue weighted by Gasteiger charge is -2.24. The summed E-state index contributed by atoms with van der Waals surface area (Å²) in [7, 11) is 0.842. The largest absolute Gasteiger partial charge is 0.524 e. The van der Waals surface area contributed by atoms with Crippen LogP contribution in [0.5, 0.6) is 17.2 Å². The molecule has 1 saturated carbocycles. The number of hydrogen-bond donors (Lipinski definition) is 3. The van der Waals surface area contributed by atoms with Crippen LogP contribution in [-0.2, 0) is 27.9 Å². The first-order valence-corrected chi connectivity index (χ1v) is 16.9. The normalized spacial score (nSPS) is 13.1. The first kappa shape index (κ1) is 35.5. The third kappa shape index (κ3) is 8.24. The Morgan fingerprint density at radius 3 is 2.47 bits per heavy atom. The van der Waals surface area contributed by atoms with Crippen LogP contribution in [0.25, 0.3) is 11.4 Å². The monoisotopic (exact) mass is 808 g/mol. The fourth-order valence-corrected chi connectivity index (χ4v) is 5.76. The number of carbonyl (C=O) groups excluding carboxylic acids is 3. The van der Waals surface area contributed by atoms with Gasteiger partial charge < -0.3 is 24.1 Å². The number of tetrazole rings is 1. The fourth-order valence-electron chi connectivity index (χ4n) is 4.58. The summed E-state index contributed by atoms with van der Waals surface area (Å²) in [5.74, 6) is -1.74. The fraction of sp³-hybridized carbons (Fsp3) is 0.276. The van der Waals surface area contributed by atoms with Crippen LogP contribution in [0.1, 0.15) is 33.6 Å². The number of methoxy groups -OCH3 is 2. The Hall–Kier alpha value is -4.85. The third-order valence-corrected chi connectivity index (χ3v) is 8.54. The van der Waals surface area contributed by atoms with E-state index in [1.165, 1.54) is 55.0 Å². The molecule has 2 heterocycles. The molecule has 18 nitrogen and oxygen atoms in total. The van der Waals surface area contributed by atoms with E-state index in [0.717, 1.165) is 6.07 Å². The number of aryl methyl sites for hydroxylation is 1. The van der Waals surface area contributed by atoms with Crippen LogP contribution in [-0.4, -0.2) is 73.6 Å². The van der Waals surface area contributed by atoms with E-state index in [2.05, 4.69) is 30.2 Å². The van der Waals surface area contributed by atoms with Crippen molar-refractivity contribution in [2.75, 3.05) is 24.4 Å². The number of benzene rings is 2. The number of para-hydroxylation sites is 1. The van der Waals surface area contributed by atoms with Crippen LogP contribution in [0.4, 0.5) is 11.4 Å². The second-order valence-corrected chi connectivity index (χ2v) is 12.6. The Bertz CT molecular complexity index is 2040. The second kappa shape index (κ2) is 14.7. The van der Waals surface area contributed by atoms with E-state index in [9.17, 15) is 28.7 Å². The van der Waals surface area contributed by atoms with Gasteiger partial charge in [0.1, 0.15) is 5.49 Å². The van der Waals surface area contributed by atoms with Crippen molar-refractivity contribution < 1.29 is 47.5 Å². The number of ether oxygens (including phenoxy) is 3. The molecule has 0 radical (unpaired) electrons. The molecule has 0 atom stereocenters. The van der Waals surface area contributed by atoms with Gasteiger partial charge in [0.05, 0.1) is 72.2 Å². The van der Waals surface area contributed by atoms with Gasteiger partial charge in [-0.25, -0.2) is 9.36 Å². The maximum absolute atomic E-state index is 13.3. The van der Waals surface area contributed by atoms with Crippen molar-refractivity contribution >= 4 is 59.8 Å². The van der Waals surface area contributed by atoms with E-state index in [4.69, 9.17) is 14.2 Å². The Labute approximate surface area is 292 Å². The quantitative estimate of drug-likeness (QED) is 0.0811. The highest BCUT2D eigenvalue weighted by molar-refractivity contribution is 14.1. The molecule has 2 aromatic carbocycles. The van der Waals surface area contributed by atoms with E-state index in [1.54, 1.807) is 28.4 Å². The zero-order valence-corrected chi connectivity index (χ0v) is 29.5. The number of aromatic nitrogens is 5. The van der Waals surface area contributed by atoms with Crippen LogP contribution >= 0.6 is 30.7 Å². The van der Waals surface area contributed by atoms with Gasteiger partial charge >= 0.3 is 13.8 Å². The average Bonchev–Trinajstić information content (AvgIpc) is 3.85. The first-order valence-electron chi connectivity index (χ1n) is 14.4. The van der Waals surface area contributed by atoms with Gasteiger partial charge in [0.2, 0.25) is 5.82 Å². The summed E-state index contributed by atoms with van der Waals surface area (Å²) >= 11 is 2.00. The number of phosphoric ester groups is 1. The van der Waals surface area contributed by atoms with Gasteiger partial charge in [-0.05, 0) is 48.4 Å². The molecular formula is C29H30IN8O10P. The van der Waals surface area contributed by atoms with Crippen molar-refractivity contribution in [1.82, 2.24) is 30.1 Å². The highest BCUT2D eigenvalue weighted by Gasteiger charge is 2.30. The molecule has 258 valence electrons. The summed E-state index contributed by atoms with van der Waals surface area (Å²) < 4.78 is 35.4. The lowest BCUT2D eigenvalue weighted by atomic mass is 10.1. The van der Waals surface area contributed by atoms with E-state index in [0.29, 0.717) is 41.4 Å². The van der Waals surface area contributed by atoms with Crippen LogP contribution in [0.15, 0.2) is 53.7 Å². The van der Waals surface area contributed by atoms with Gasteiger partial charge in [-0.3, -0.25) is 27.1 Å². The van der Waals surface area contributed by atoms with Crippen molar-refractivity contribution in [3.63, 3.8) is 0 Å². The van der Waals surface area contributed by atoms with Crippen molar-refractivity contribution in [3.8, 4) is 28.6 Å². The van der Waals surface area contributed by atoms with Crippen molar-refractivity contribution in [1.29, 1.82) is 0 Å². The summed E-state index contributed by atoms with van der Waals surface area (Å²) in [6, 6.07) is 10.4. The van der Waals surface area contributed by atoms with E-state index in [1.807, 2.05) is 22.9 Å². The Balaban J connectivity index is 1.56. The lowest BCUT2D eigenvalue weighted by molar-refractivity contribution is -0.119. The predicted molar refractivity (Wildman–Crippen MR) is 179 cm³/mol. The Morgan fingerprint density at radius 2 is 1.86 bits per heavy atom. The van der Waals surface area contributed by atoms with Crippen molar-refractivity contribution in [3.05, 3.63) is 65.3 Å². The summed E-state index contributed by atoms with van der Waals surface area (Å²) in [5.41, 5.74) is 1.45. The van der Waals surface area contributed by atoms with Crippen LogP contribution in [0.2, 0.25) is 0 Å². The van der Waals surface area contributed by atoms with Gasteiger partial charge in [-0.2, -0.15) is 9.79 Å². The van der Waals surface area contributed by atoms with E-state index >= 15 is 0 Å². The maximum Gasteiger partial charge on any atom is 0.524 e. The van der Waals surface area contributed by atoms with Gasteiger partial charge in [0.15, 0.2) is 24.0 Å². The average molecular weight is 808 g/mol. The first-order chi connectivity index (χ1) is 23.3. The summed E-state index contributed by atoms with van der Waals surface area (Å²) in [5, 5.41) is 14.9. The van der Waals surface area contributed by atoms with Crippen molar-refractivity contribution in [2.45, 2.75) is 19.6 Å². The van der Waals surface area contributed by atoms with Gasteiger partial charge in [-0.1, -0.05) is 6.07 Å². The third-order valence-electron chi connectivity index (χ3n) is 7.07.